The van der Waals surface area contributed by atoms with Gasteiger partial charge in [0.1, 0.15) is 5.00 Å². The van der Waals surface area contributed by atoms with Gasteiger partial charge in [0.15, 0.2) is 0 Å². The second kappa shape index (κ2) is 11.9. The summed E-state index contributed by atoms with van der Waals surface area (Å²) in [5.41, 5.74) is 1.98. The Balaban J connectivity index is 1.60. The summed E-state index contributed by atoms with van der Waals surface area (Å²) in [5, 5.41) is 3.55. The number of amides is 2. The van der Waals surface area contributed by atoms with Gasteiger partial charge < -0.3 is 10.2 Å². The van der Waals surface area contributed by atoms with Crippen molar-refractivity contribution in [3.8, 4) is 0 Å². The molecule has 1 aromatic carbocycles. The highest BCUT2D eigenvalue weighted by atomic mass is 32.2. The van der Waals surface area contributed by atoms with E-state index in [4.69, 9.17) is 0 Å². The molecule has 0 atom stereocenters. The SMILES string of the molecule is C=CCN(CC=C)S(=O)(=O)c1ccc(C(=O)Nc2sc3c(c2C(=O)N2CCCC2)CCN(C(C)C)C3)cc1. The van der Waals surface area contributed by atoms with Gasteiger partial charge in [-0.15, -0.1) is 24.5 Å². The third-order valence-electron chi connectivity index (χ3n) is 7.07. The number of sulfonamides is 1. The molecule has 1 N–H and O–H groups in total. The molecular weight excluding hydrogens is 520 g/mol. The molecule has 38 heavy (non-hydrogen) atoms. The first-order valence-electron chi connectivity index (χ1n) is 13.0. The smallest absolute Gasteiger partial charge is 0.257 e. The Bertz CT molecular complexity index is 1300. The molecule has 0 radical (unpaired) electrons. The summed E-state index contributed by atoms with van der Waals surface area (Å²) in [4.78, 5) is 32.3. The Morgan fingerprint density at radius 1 is 1.08 bits per heavy atom. The van der Waals surface area contributed by atoms with E-state index in [1.807, 2.05) is 4.90 Å². The maximum absolute atomic E-state index is 13.5. The molecule has 0 saturated carbocycles. The van der Waals surface area contributed by atoms with Crippen LogP contribution in [0, 0.1) is 0 Å². The minimum absolute atomic E-state index is 0.0146. The van der Waals surface area contributed by atoms with E-state index in [2.05, 4.69) is 37.2 Å². The van der Waals surface area contributed by atoms with E-state index in [9.17, 15) is 18.0 Å². The number of fused-ring (bicyclic) bond motifs is 1. The molecule has 2 aromatic rings. The van der Waals surface area contributed by atoms with Gasteiger partial charge in [-0.05, 0) is 62.9 Å². The number of carbonyl (C=O) groups is 2. The van der Waals surface area contributed by atoms with Gasteiger partial charge in [-0.25, -0.2) is 8.42 Å². The summed E-state index contributed by atoms with van der Waals surface area (Å²) in [7, 11) is -3.76. The van der Waals surface area contributed by atoms with E-state index in [1.54, 1.807) is 0 Å². The van der Waals surface area contributed by atoms with Gasteiger partial charge in [0.05, 0.1) is 10.5 Å². The fourth-order valence-electron chi connectivity index (χ4n) is 4.92. The van der Waals surface area contributed by atoms with E-state index in [-0.39, 0.29) is 29.8 Å². The summed E-state index contributed by atoms with van der Waals surface area (Å²) < 4.78 is 27.3. The zero-order chi connectivity index (χ0) is 27.4. The van der Waals surface area contributed by atoms with E-state index < -0.39 is 10.0 Å². The maximum Gasteiger partial charge on any atom is 0.257 e. The normalized spacial score (nSPS) is 16.1. The fraction of sp³-hybridized carbons (Fsp3) is 0.429. The van der Waals surface area contributed by atoms with Gasteiger partial charge in [-0.1, -0.05) is 12.2 Å². The van der Waals surface area contributed by atoms with Crippen molar-refractivity contribution in [1.82, 2.24) is 14.1 Å². The monoisotopic (exact) mass is 556 g/mol. The summed E-state index contributed by atoms with van der Waals surface area (Å²) in [5.74, 6) is -0.392. The van der Waals surface area contributed by atoms with Crippen LogP contribution < -0.4 is 5.32 Å². The third-order valence-corrected chi connectivity index (χ3v) is 10.0. The van der Waals surface area contributed by atoms with Gasteiger partial charge in [0, 0.05) is 55.8 Å². The van der Waals surface area contributed by atoms with Crippen LogP contribution in [0.1, 0.15) is 57.8 Å². The van der Waals surface area contributed by atoms with E-state index >= 15 is 0 Å². The van der Waals surface area contributed by atoms with Gasteiger partial charge in [-0.2, -0.15) is 4.31 Å². The predicted molar refractivity (Wildman–Crippen MR) is 152 cm³/mol. The topological polar surface area (TPSA) is 90.0 Å². The average Bonchev–Trinajstić information content (AvgIpc) is 3.56. The molecule has 0 spiro atoms. The highest BCUT2D eigenvalue weighted by Gasteiger charge is 2.32. The number of anilines is 1. The number of carbonyl (C=O) groups excluding carboxylic acids is 2. The van der Waals surface area contributed by atoms with Crippen LogP contribution >= 0.6 is 11.3 Å². The maximum atomic E-state index is 13.5. The lowest BCUT2D eigenvalue weighted by Crippen LogP contribution is -2.36. The molecule has 8 nitrogen and oxygen atoms in total. The Labute approximate surface area is 229 Å². The Hall–Kier alpha value is -2.79. The van der Waals surface area contributed by atoms with Crippen LogP contribution in [-0.2, 0) is 23.0 Å². The molecule has 0 unspecified atom stereocenters. The van der Waals surface area contributed by atoms with Crippen molar-refractivity contribution < 1.29 is 18.0 Å². The van der Waals surface area contributed by atoms with E-state index in [1.165, 1.54) is 52.1 Å². The van der Waals surface area contributed by atoms with Crippen LogP contribution in [0.3, 0.4) is 0 Å². The van der Waals surface area contributed by atoms with E-state index in [0.717, 1.165) is 55.9 Å². The number of nitrogens with one attached hydrogen (secondary N) is 1. The first-order valence-corrected chi connectivity index (χ1v) is 15.2. The summed E-state index contributed by atoms with van der Waals surface area (Å²) in [6, 6.07) is 6.25. The highest BCUT2D eigenvalue weighted by Crippen LogP contribution is 2.39. The molecule has 10 heteroatoms. The van der Waals surface area contributed by atoms with Crippen LogP contribution in [0.2, 0.25) is 0 Å². The van der Waals surface area contributed by atoms with Crippen molar-refractivity contribution in [1.29, 1.82) is 0 Å². The molecule has 0 aliphatic carbocycles. The molecule has 4 rings (SSSR count). The molecule has 2 aliphatic heterocycles. The van der Waals surface area contributed by atoms with Gasteiger partial charge in [0.2, 0.25) is 10.0 Å². The minimum atomic E-state index is -3.76. The molecule has 1 saturated heterocycles. The Morgan fingerprint density at radius 2 is 1.71 bits per heavy atom. The summed E-state index contributed by atoms with van der Waals surface area (Å²) >= 11 is 1.47. The zero-order valence-electron chi connectivity index (χ0n) is 22.1. The highest BCUT2D eigenvalue weighted by molar-refractivity contribution is 7.89. The lowest BCUT2D eigenvalue weighted by Gasteiger charge is -2.30. The fourth-order valence-corrected chi connectivity index (χ4v) is 7.56. The van der Waals surface area contributed by atoms with Crippen molar-refractivity contribution in [3.63, 3.8) is 0 Å². The van der Waals surface area contributed by atoms with E-state index in [0.29, 0.717) is 22.2 Å². The predicted octanol–water partition coefficient (Wildman–Crippen LogP) is 4.37. The molecule has 2 aliphatic rings. The number of likely N-dealkylation sites (tertiary alicyclic amines) is 1. The van der Waals surface area contributed by atoms with Crippen LogP contribution in [0.5, 0.6) is 0 Å². The van der Waals surface area contributed by atoms with Crippen molar-refractivity contribution >= 4 is 38.2 Å². The number of hydrogen-bond donors (Lipinski definition) is 1. The Kier molecular flexibility index (Phi) is 8.87. The standard InChI is InChI=1S/C28H36N4O4S2/c1-5-14-32(15-6-2)38(35,36)22-11-9-21(10-12-22)26(33)29-27-25(28(34)30-16-7-8-17-30)23-13-18-31(20(3)4)19-24(23)37-27/h5-6,9-12,20H,1-2,7-8,13-19H2,3-4H3,(H,29,33). The second-order valence-electron chi connectivity index (χ2n) is 9.90. The largest absolute Gasteiger partial charge is 0.339 e. The van der Waals surface area contributed by atoms with Gasteiger partial charge in [-0.3, -0.25) is 14.5 Å². The summed E-state index contributed by atoms with van der Waals surface area (Å²) in [6.07, 6.45) is 5.80. The molecule has 2 amide bonds. The first-order chi connectivity index (χ1) is 18.2. The second-order valence-corrected chi connectivity index (χ2v) is 12.9. The number of rotatable bonds is 10. The number of hydrogen-bond acceptors (Lipinski definition) is 6. The first kappa shape index (κ1) is 28.2. The number of benzene rings is 1. The third kappa shape index (κ3) is 5.78. The average molecular weight is 557 g/mol. The molecule has 0 bridgehead atoms. The van der Waals surface area contributed by atoms with Crippen molar-refractivity contribution in [2.75, 3.05) is 38.0 Å². The van der Waals surface area contributed by atoms with Crippen molar-refractivity contribution in [2.45, 2.75) is 50.6 Å². The van der Waals surface area contributed by atoms with Crippen molar-refractivity contribution in [2.24, 2.45) is 0 Å². The molecule has 1 aromatic heterocycles. The zero-order valence-corrected chi connectivity index (χ0v) is 23.7. The molecular formula is C28H36N4O4S2. The minimum Gasteiger partial charge on any atom is -0.339 e. The lowest BCUT2D eigenvalue weighted by molar-refractivity contribution is 0.0792. The van der Waals surface area contributed by atoms with Gasteiger partial charge >= 0.3 is 0 Å². The molecule has 204 valence electrons. The van der Waals surface area contributed by atoms with Crippen LogP contribution in [0.25, 0.3) is 0 Å². The van der Waals surface area contributed by atoms with Crippen molar-refractivity contribution in [3.05, 3.63) is 71.1 Å². The van der Waals surface area contributed by atoms with Gasteiger partial charge in [0.25, 0.3) is 11.8 Å². The Morgan fingerprint density at radius 3 is 2.29 bits per heavy atom. The lowest BCUT2D eigenvalue weighted by atomic mass is 10.0. The van der Waals surface area contributed by atoms with Crippen LogP contribution in [0.15, 0.2) is 54.5 Å². The molecule has 1 fully saturated rings. The number of thiophene rings is 1. The quantitative estimate of drug-likeness (QED) is 0.439. The summed E-state index contributed by atoms with van der Waals surface area (Å²) in [6.45, 7) is 15.0. The van der Waals surface area contributed by atoms with Crippen LogP contribution in [0.4, 0.5) is 5.00 Å². The number of nitrogens with zero attached hydrogens (tertiary/aromatic N) is 3. The van der Waals surface area contributed by atoms with Crippen LogP contribution in [-0.4, -0.2) is 73.1 Å². The molecule has 3 heterocycles.